The maximum absolute atomic E-state index is 12.4. The molecule has 0 amide bonds. The van der Waals surface area contributed by atoms with Crippen LogP contribution < -0.4 is 0 Å². The molecular weight excluding hydrogens is 228 g/mol. The molecule has 0 fully saturated rings. The Hall–Kier alpha value is -1.30. The normalized spacial score (nSPS) is 11.8. The summed E-state index contributed by atoms with van der Waals surface area (Å²) in [4.78, 5) is 5.57. The molecule has 1 aromatic heterocycles. The molecule has 17 heavy (non-hydrogen) atoms. The van der Waals surface area contributed by atoms with Crippen molar-refractivity contribution in [3.8, 4) is 0 Å². The Morgan fingerprint density at radius 2 is 1.94 bits per heavy atom. The third-order valence-electron chi connectivity index (χ3n) is 2.49. The Kier molecular flexibility index (Phi) is 4.75. The van der Waals surface area contributed by atoms with Crippen molar-refractivity contribution in [1.82, 2.24) is 9.88 Å². The Morgan fingerprint density at radius 1 is 1.35 bits per heavy atom. The van der Waals surface area contributed by atoms with Gasteiger partial charge in [-0.3, -0.25) is 9.88 Å². The lowest BCUT2D eigenvalue weighted by atomic mass is 9.80. The maximum atomic E-state index is 12.4. The summed E-state index contributed by atoms with van der Waals surface area (Å²) in [5.41, 5.74) is 0.297. The highest BCUT2D eigenvalue weighted by molar-refractivity contribution is 6.66. The fraction of sp³-hybridized carbons (Fsp3) is 0.364. The molecule has 0 saturated carbocycles. The predicted molar refractivity (Wildman–Crippen MR) is 63.4 cm³/mol. The minimum absolute atomic E-state index is 0.137. The number of hydrogen-bond acceptors (Lipinski definition) is 2. The molecule has 0 radical (unpaired) electrons. The van der Waals surface area contributed by atoms with Crippen molar-refractivity contribution in [1.29, 1.82) is 0 Å². The van der Waals surface area contributed by atoms with Crippen molar-refractivity contribution in [3.63, 3.8) is 0 Å². The SMILES string of the molecule is C=C(CN(CC)Cc1ccncc1)[B-](F)(F)F. The van der Waals surface area contributed by atoms with Crippen LogP contribution in [0.15, 0.2) is 36.6 Å². The van der Waals surface area contributed by atoms with Gasteiger partial charge >= 0.3 is 6.98 Å². The third kappa shape index (κ3) is 4.60. The molecule has 1 rings (SSSR count). The van der Waals surface area contributed by atoms with E-state index >= 15 is 0 Å². The quantitative estimate of drug-likeness (QED) is 0.714. The minimum Gasteiger partial charge on any atom is -0.445 e. The zero-order valence-electron chi connectivity index (χ0n) is 9.74. The molecule has 0 aliphatic rings. The van der Waals surface area contributed by atoms with Crippen molar-refractivity contribution in [2.45, 2.75) is 13.5 Å². The third-order valence-corrected chi connectivity index (χ3v) is 2.49. The standard InChI is InChI=1S/C11H15BF3N2/c1-3-17(8-10(2)12(13,14)15)9-11-4-6-16-7-5-11/h4-7H,2-3,8-9H2,1H3/q-1. The zero-order chi connectivity index (χ0) is 12.9. The highest BCUT2D eigenvalue weighted by atomic mass is 19.4. The molecule has 2 nitrogen and oxygen atoms in total. The van der Waals surface area contributed by atoms with Crippen LogP contribution in [0, 0.1) is 0 Å². The van der Waals surface area contributed by atoms with E-state index in [1.807, 2.05) is 6.92 Å². The number of halogens is 3. The van der Waals surface area contributed by atoms with Crippen molar-refractivity contribution >= 4 is 6.98 Å². The first-order valence-electron chi connectivity index (χ1n) is 5.42. The molecule has 0 aliphatic heterocycles. The number of aromatic nitrogens is 1. The number of rotatable bonds is 6. The van der Waals surface area contributed by atoms with Crippen molar-refractivity contribution in [3.05, 3.63) is 42.1 Å². The molecule has 0 aromatic carbocycles. The van der Waals surface area contributed by atoms with Gasteiger partial charge < -0.3 is 12.9 Å². The molecule has 0 saturated heterocycles. The summed E-state index contributed by atoms with van der Waals surface area (Å²) >= 11 is 0. The van der Waals surface area contributed by atoms with Crippen LogP contribution in [0.5, 0.6) is 0 Å². The topological polar surface area (TPSA) is 16.1 Å². The Labute approximate surface area is 99.2 Å². The molecular formula is C11H15BF3N2-. The molecule has 6 heteroatoms. The lowest BCUT2D eigenvalue weighted by Crippen LogP contribution is -2.32. The summed E-state index contributed by atoms with van der Waals surface area (Å²) in [6, 6.07) is 3.59. The van der Waals surface area contributed by atoms with Crippen LogP contribution in [0.2, 0.25) is 0 Å². The number of pyridine rings is 1. The zero-order valence-corrected chi connectivity index (χ0v) is 9.74. The van der Waals surface area contributed by atoms with Gasteiger partial charge in [-0.1, -0.05) is 6.92 Å². The average molecular weight is 243 g/mol. The van der Waals surface area contributed by atoms with Gasteiger partial charge in [0.25, 0.3) is 0 Å². The van der Waals surface area contributed by atoms with Gasteiger partial charge in [-0.2, -0.15) is 0 Å². The van der Waals surface area contributed by atoms with E-state index in [9.17, 15) is 12.9 Å². The van der Waals surface area contributed by atoms with E-state index in [0.29, 0.717) is 13.1 Å². The van der Waals surface area contributed by atoms with Crippen LogP contribution >= 0.6 is 0 Å². The summed E-state index contributed by atoms with van der Waals surface area (Å²) in [5, 5.41) is 0. The van der Waals surface area contributed by atoms with Crippen LogP contribution in [0.3, 0.4) is 0 Å². The largest absolute Gasteiger partial charge is 0.506 e. The van der Waals surface area contributed by atoms with Gasteiger partial charge in [0.05, 0.1) is 0 Å². The van der Waals surface area contributed by atoms with Crippen molar-refractivity contribution in [2.75, 3.05) is 13.1 Å². The van der Waals surface area contributed by atoms with E-state index in [2.05, 4.69) is 11.6 Å². The first-order valence-corrected chi connectivity index (χ1v) is 5.42. The molecule has 0 unspecified atom stereocenters. The summed E-state index contributed by atoms with van der Waals surface area (Å²) in [7, 11) is 0. The first-order chi connectivity index (χ1) is 7.93. The van der Waals surface area contributed by atoms with E-state index in [0.717, 1.165) is 5.56 Å². The Bertz CT molecular complexity index is 365. The van der Waals surface area contributed by atoms with Crippen LogP contribution in [-0.2, 0) is 6.54 Å². The summed E-state index contributed by atoms with van der Waals surface area (Å²) < 4.78 is 37.2. The highest BCUT2D eigenvalue weighted by Gasteiger charge is 2.27. The van der Waals surface area contributed by atoms with Gasteiger partial charge in [0.2, 0.25) is 0 Å². The van der Waals surface area contributed by atoms with Crippen molar-refractivity contribution in [2.24, 2.45) is 0 Å². The second kappa shape index (κ2) is 5.86. The number of likely N-dealkylation sites (N-methyl/N-ethyl adjacent to an activating group) is 1. The fourth-order valence-corrected chi connectivity index (χ4v) is 1.42. The van der Waals surface area contributed by atoms with Crippen LogP contribution in [0.4, 0.5) is 12.9 Å². The molecule has 1 aromatic rings. The Morgan fingerprint density at radius 3 is 2.41 bits per heavy atom. The van der Waals surface area contributed by atoms with E-state index in [1.165, 1.54) is 0 Å². The molecule has 0 aliphatic carbocycles. The molecule has 1 heterocycles. The smallest absolute Gasteiger partial charge is 0.445 e. The van der Waals surface area contributed by atoms with Gasteiger partial charge in [0.15, 0.2) is 0 Å². The second-order valence-corrected chi connectivity index (χ2v) is 3.89. The summed E-state index contributed by atoms with van der Waals surface area (Å²) in [6.45, 7) is 0.884. The second-order valence-electron chi connectivity index (χ2n) is 3.89. The lowest BCUT2D eigenvalue weighted by molar-refractivity contribution is 0.302. The van der Waals surface area contributed by atoms with E-state index in [-0.39, 0.29) is 6.54 Å². The number of nitrogens with zero attached hydrogens (tertiary/aromatic N) is 2. The molecule has 0 bridgehead atoms. The van der Waals surface area contributed by atoms with E-state index in [4.69, 9.17) is 0 Å². The number of hydrogen-bond donors (Lipinski definition) is 0. The predicted octanol–water partition coefficient (Wildman–Crippen LogP) is 2.85. The fourth-order valence-electron chi connectivity index (χ4n) is 1.42. The first kappa shape index (κ1) is 13.8. The molecule has 0 N–H and O–H groups in total. The maximum Gasteiger partial charge on any atom is 0.506 e. The van der Waals surface area contributed by atoms with Gasteiger partial charge in [-0.05, 0) is 30.8 Å². The molecule has 94 valence electrons. The Balaban J connectivity index is 2.59. The molecule has 0 atom stereocenters. The summed E-state index contributed by atoms with van der Waals surface area (Å²) in [5.74, 6) is 0. The van der Waals surface area contributed by atoms with Gasteiger partial charge in [-0.15, -0.1) is 12.1 Å². The average Bonchev–Trinajstić information content (AvgIpc) is 2.28. The van der Waals surface area contributed by atoms with E-state index in [1.54, 1.807) is 29.4 Å². The highest BCUT2D eigenvalue weighted by Crippen LogP contribution is 2.19. The minimum atomic E-state index is -4.94. The van der Waals surface area contributed by atoms with Crippen LogP contribution in [-0.4, -0.2) is 30.0 Å². The lowest BCUT2D eigenvalue weighted by Gasteiger charge is -2.26. The van der Waals surface area contributed by atoms with Crippen molar-refractivity contribution < 1.29 is 12.9 Å². The summed E-state index contributed by atoms with van der Waals surface area (Å²) in [6.07, 6.45) is 3.26. The molecule has 0 spiro atoms. The van der Waals surface area contributed by atoms with Gasteiger partial charge in [0.1, 0.15) is 0 Å². The van der Waals surface area contributed by atoms with Crippen LogP contribution in [0.25, 0.3) is 0 Å². The monoisotopic (exact) mass is 243 g/mol. The van der Waals surface area contributed by atoms with E-state index < -0.39 is 12.4 Å². The van der Waals surface area contributed by atoms with Gasteiger partial charge in [0, 0.05) is 18.9 Å². The van der Waals surface area contributed by atoms with Crippen LogP contribution in [0.1, 0.15) is 12.5 Å². The van der Waals surface area contributed by atoms with Gasteiger partial charge in [-0.25, -0.2) is 0 Å².